The van der Waals surface area contributed by atoms with Crippen LogP contribution in [0, 0.1) is 6.92 Å². The maximum Gasteiger partial charge on any atom is 0.287 e. The van der Waals surface area contributed by atoms with E-state index in [2.05, 4.69) is 34.8 Å². The van der Waals surface area contributed by atoms with Crippen molar-refractivity contribution in [2.75, 3.05) is 26.2 Å². The fourth-order valence-corrected chi connectivity index (χ4v) is 2.26. The molecular weight excluding hydrogens is 304 g/mol. The maximum absolute atomic E-state index is 11.9. The number of aryl methyl sites for hydroxylation is 1. The van der Waals surface area contributed by atoms with Crippen LogP contribution >= 0.6 is 0 Å². The highest BCUT2D eigenvalue weighted by Gasteiger charge is 2.11. The van der Waals surface area contributed by atoms with Crippen LogP contribution in [0.5, 0.6) is 0 Å². The average Bonchev–Trinajstić information content (AvgIpc) is 3.00. The summed E-state index contributed by atoms with van der Waals surface area (Å²) in [5.41, 5.74) is 0.854. The van der Waals surface area contributed by atoms with E-state index in [1.165, 1.54) is 25.5 Å². The summed E-state index contributed by atoms with van der Waals surface area (Å²) in [5, 5.41) is 9.44. The molecule has 0 spiro atoms. The van der Waals surface area contributed by atoms with Crippen LogP contribution in [0.25, 0.3) is 0 Å². The predicted molar refractivity (Wildman–Crippen MR) is 98.5 cm³/mol. The molecule has 0 saturated heterocycles. The lowest BCUT2D eigenvalue weighted by Gasteiger charge is -2.11. The van der Waals surface area contributed by atoms with Gasteiger partial charge < -0.3 is 20.4 Å². The summed E-state index contributed by atoms with van der Waals surface area (Å²) >= 11 is 0. The first-order valence-electron chi connectivity index (χ1n) is 9.03. The maximum atomic E-state index is 11.9. The van der Waals surface area contributed by atoms with Crippen molar-refractivity contribution in [3.63, 3.8) is 0 Å². The molecule has 1 aromatic heterocycles. The molecule has 0 aliphatic heterocycles. The number of nitrogens with one attached hydrogen (secondary N) is 3. The molecule has 1 rings (SSSR count). The molecule has 0 aliphatic carbocycles. The van der Waals surface area contributed by atoms with Crippen molar-refractivity contribution in [3.8, 4) is 0 Å². The van der Waals surface area contributed by atoms with E-state index >= 15 is 0 Å². The number of amides is 1. The lowest BCUT2D eigenvalue weighted by Crippen LogP contribution is -2.38. The van der Waals surface area contributed by atoms with Gasteiger partial charge in [0.25, 0.3) is 5.91 Å². The molecule has 0 atom stereocenters. The minimum absolute atomic E-state index is 0.164. The van der Waals surface area contributed by atoms with Crippen LogP contribution in [0.1, 0.15) is 62.1 Å². The third kappa shape index (κ3) is 8.04. The van der Waals surface area contributed by atoms with Crippen molar-refractivity contribution in [1.29, 1.82) is 0 Å². The second kappa shape index (κ2) is 12.4. The number of hydrogen-bond donors (Lipinski definition) is 3. The highest BCUT2D eigenvalue weighted by atomic mass is 16.3. The Bertz CT molecular complexity index is 497. The van der Waals surface area contributed by atoms with E-state index in [9.17, 15) is 4.79 Å². The quantitative estimate of drug-likeness (QED) is 0.330. The minimum Gasteiger partial charge on any atom is -0.459 e. The van der Waals surface area contributed by atoms with E-state index in [-0.39, 0.29) is 5.91 Å². The molecule has 136 valence electrons. The average molecular weight is 336 g/mol. The van der Waals surface area contributed by atoms with Gasteiger partial charge in [-0.15, -0.1) is 0 Å². The number of hydrogen-bond acceptors (Lipinski definition) is 3. The SMILES string of the molecule is CCCCCCNC(=NCCCNC(=O)c1occc1C)NCC. The highest BCUT2D eigenvalue weighted by molar-refractivity contribution is 5.92. The van der Waals surface area contributed by atoms with Crippen molar-refractivity contribution in [1.82, 2.24) is 16.0 Å². The number of nitrogens with zero attached hydrogens (tertiary/aromatic N) is 1. The fraction of sp³-hybridized carbons (Fsp3) is 0.667. The smallest absolute Gasteiger partial charge is 0.287 e. The van der Waals surface area contributed by atoms with Crippen molar-refractivity contribution in [3.05, 3.63) is 23.7 Å². The van der Waals surface area contributed by atoms with E-state index in [0.717, 1.165) is 37.5 Å². The largest absolute Gasteiger partial charge is 0.459 e. The van der Waals surface area contributed by atoms with Gasteiger partial charge in [0.15, 0.2) is 11.7 Å². The summed E-state index contributed by atoms with van der Waals surface area (Å²) in [4.78, 5) is 16.4. The fourth-order valence-electron chi connectivity index (χ4n) is 2.26. The Balaban J connectivity index is 2.21. The van der Waals surface area contributed by atoms with Crippen molar-refractivity contribution < 1.29 is 9.21 Å². The number of furan rings is 1. The number of unbranched alkanes of at least 4 members (excludes halogenated alkanes) is 3. The monoisotopic (exact) mass is 336 g/mol. The van der Waals surface area contributed by atoms with E-state index < -0.39 is 0 Å². The number of carbonyl (C=O) groups is 1. The summed E-state index contributed by atoms with van der Waals surface area (Å²) in [6.07, 6.45) is 7.26. The van der Waals surface area contributed by atoms with Crippen LogP contribution in [0.15, 0.2) is 21.7 Å². The van der Waals surface area contributed by atoms with Gasteiger partial charge in [-0.2, -0.15) is 0 Å². The van der Waals surface area contributed by atoms with Crippen LogP contribution in [-0.4, -0.2) is 38.0 Å². The van der Waals surface area contributed by atoms with E-state index in [1.807, 2.05) is 6.92 Å². The van der Waals surface area contributed by atoms with Gasteiger partial charge in [0.1, 0.15) is 0 Å². The molecular formula is C18H32N4O2. The molecule has 0 unspecified atom stereocenters. The van der Waals surface area contributed by atoms with Crippen LogP contribution in [0.2, 0.25) is 0 Å². The lowest BCUT2D eigenvalue weighted by molar-refractivity contribution is 0.0925. The predicted octanol–water partition coefficient (Wildman–Crippen LogP) is 2.84. The zero-order chi connectivity index (χ0) is 17.6. The Morgan fingerprint density at radius 2 is 1.88 bits per heavy atom. The summed E-state index contributed by atoms with van der Waals surface area (Å²) in [5.74, 6) is 1.07. The molecule has 0 saturated carbocycles. The molecule has 1 heterocycles. The molecule has 24 heavy (non-hydrogen) atoms. The summed E-state index contributed by atoms with van der Waals surface area (Å²) in [7, 11) is 0. The summed E-state index contributed by atoms with van der Waals surface area (Å²) < 4.78 is 5.17. The van der Waals surface area contributed by atoms with Gasteiger partial charge in [-0.3, -0.25) is 9.79 Å². The Kier molecular flexibility index (Phi) is 10.4. The highest BCUT2D eigenvalue weighted by Crippen LogP contribution is 2.07. The third-order valence-electron chi connectivity index (χ3n) is 3.63. The Morgan fingerprint density at radius 1 is 1.08 bits per heavy atom. The number of carbonyl (C=O) groups excluding carboxylic acids is 1. The number of guanidine groups is 1. The molecule has 6 heteroatoms. The molecule has 0 radical (unpaired) electrons. The molecule has 0 bridgehead atoms. The first-order chi connectivity index (χ1) is 11.7. The Labute approximate surface area is 145 Å². The molecule has 0 aromatic carbocycles. The third-order valence-corrected chi connectivity index (χ3v) is 3.63. The molecule has 1 amide bonds. The number of aliphatic imine (C=N–C) groups is 1. The standard InChI is InChI=1S/C18H32N4O2/c1-4-6-7-8-11-21-18(19-5-2)22-13-9-12-20-17(23)16-15(3)10-14-24-16/h10,14H,4-9,11-13H2,1-3H3,(H,20,23)(H2,19,21,22). The zero-order valence-corrected chi connectivity index (χ0v) is 15.3. The molecule has 3 N–H and O–H groups in total. The van der Waals surface area contributed by atoms with Gasteiger partial charge in [0.2, 0.25) is 0 Å². The van der Waals surface area contributed by atoms with Gasteiger partial charge in [0.05, 0.1) is 6.26 Å². The van der Waals surface area contributed by atoms with E-state index in [4.69, 9.17) is 4.42 Å². The molecule has 6 nitrogen and oxygen atoms in total. The van der Waals surface area contributed by atoms with Crippen LogP contribution < -0.4 is 16.0 Å². The van der Waals surface area contributed by atoms with Crippen LogP contribution in [0.3, 0.4) is 0 Å². The van der Waals surface area contributed by atoms with Gasteiger partial charge in [0, 0.05) is 31.7 Å². The zero-order valence-electron chi connectivity index (χ0n) is 15.3. The number of rotatable bonds is 11. The second-order valence-corrected chi connectivity index (χ2v) is 5.79. The van der Waals surface area contributed by atoms with Gasteiger partial charge >= 0.3 is 0 Å². The lowest BCUT2D eigenvalue weighted by atomic mass is 10.2. The topological polar surface area (TPSA) is 78.7 Å². The first-order valence-corrected chi connectivity index (χ1v) is 9.03. The molecule has 1 aromatic rings. The Hall–Kier alpha value is -1.98. The van der Waals surface area contributed by atoms with E-state index in [0.29, 0.717) is 18.8 Å². The minimum atomic E-state index is -0.164. The van der Waals surface area contributed by atoms with E-state index in [1.54, 1.807) is 6.07 Å². The van der Waals surface area contributed by atoms with Crippen molar-refractivity contribution >= 4 is 11.9 Å². The van der Waals surface area contributed by atoms with Crippen LogP contribution in [-0.2, 0) is 0 Å². The van der Waals surface area contributed by atoms with Gasteiger partial charge in [-0.1, -0.05) is 26.2 Å². The second-order valence-electron chi connectivity index (χ2n) is 5.79. The van der Waals surface area contributed by atoms with Crippen molar-refractivity contribution in [2.45, 2.75) is 52.9 Å². The first kappa shape index (κ1) is 20.1. The van der Waals surface area contributed by atoms with Gasteiger partial charge in [-0.25, -0.2) is 0 Å². The van der Waals surface area contributed by atoms with Crippen molar-refractivity contribution in [2.24, 2.45) is 4.99 Å². The molecule has 0 aliphatic rings. The summed E-state index contributed by atoms with van der Waals surface area (Å²) in [6.45, 7) is 9.17. The summed E-state index contributed by atoms with van der Waals surface area (Å²) in [6, 6.07) is 1.79. The van der Waals surface area contributed by atoms with Crippen LogP contribution in [0.4, 0.5) is 0 Å². The molecule has 0 fully saturated rings. The normalized spacial score (nSPS) is 11.4. The Morgan fingerprint density at radius 3 is 2.54 bits per heavy atom. The van der Waals surface area contributed by atoms with Gasteiger partial charge in [-0.05, 0) is 32.8 Å².